The Morgan fingerprint density at radius 1 is 1.39 bits per heavy atom. The molecular formula is C14H19NO3. The van der Waals surface area contributed by atoms with Gasteiger partial charge in [-0.05, 0) is 12.0 Å². The molecule has 1 aliphatic heterocycles. The van der Waals surface area contributed by atoms with Crippen molar-refractivity contribution in [3.8, 4) is 0 Å². The standard InChI is InChI=1S/C14H19NO3/c16-10-13-11-18-9-8-15(13)14(17)7-6-12-4-2-1-3-5-12/h1-5,13,16H,6-11H2/t13-/m1/s1. The Morgan fingerprint density at radius 3 is 2.89 bits per heavy atom. The predicted octanol–water partition coefficient (Wildman–Crippen LogP) is 0.839. The number of hydrogen-bond acceptors (Lipinski definition) is 3. The second kappa shape index (κ2) is 6.52. The van der Waals surface area contributed by atoms with Gasteiger partial charge in [-0.2, -0.15) is 0 Å². The van der Waals surface area contributed by atoms with Crippen LogP contribution < -0.4 is 0 Å². The van der Waals surface area contributed by atoms with Gasteiger partial charge in [0, 0.05) is 13.0 Å². The summed E-state index contributed by atoms with van der Waals surface area (Å²) in [7, 11) is 0. The number of hydrogen-bond donors (Lipinski definition) is 1. The van der Waals surface area contributed by atoms with Gasteiger partial charge in [-0.15, -0.1) is 0 Å². The number of benzene rings is 1. The number of aryl methyl sites for hydroxylation is 1. The average molecular weight is 249 g/mol. The maximum Gasteiger partial charge on any atom is 0.223 e. The first-order valence-electron chi connectivity index (χ1n) is 6.33. The smallest absolute Gasteiger partial charge is 0.223 e. The molecule has 0 spiro atoms. The maximum absolute atomic E-state index is 12.1. The van der Waals surface area contributed by atoms with E-state index < -0.39 is 0 Å². The molecule has 0 radical (unpaired) electrons. The molecule has 0 aromatic heterocycles. The van der Waals surface area contributed by atoms with Crippen molar-refractivity contribution in [2.45, 2.75) is 18.9 Å². The Morgan fingerprint density at radius 2 is 2.17 bits per heavy atom. The monoisotopic (exact) mass is 249 g/mol. The molecule has 1 atom stereocenters. The van der Waals surface area contributed by atoms with E-state index in [-0.39, 0.29) is 18.6 Å². The van der Waals surface area contributed by atoms with E-state index in [4.69, 9.17) is 4.74 Å². The van der Waals surface area contributed by atoms with E-state index in [0.717, 1.165) is 6.42 Å². The lowest BCUT2D eigenvalue weighted by Crippen LogP contribution is -2.50. The lowest BCUT2D eigenvalue weighted by molar-refractivity contribution is -0.141. The summed E-state index contributed by atoms with van der Waals surface area (Å²) >= 11 is 0. The molecule has 1 aromatic rings. The van der Waals surface area contributed by atoms with Gasteiger partial charge in [-0.25, -0.2) is 0 Å². The molecule has 2 rings (SSSR count). The fourth-order valence-corrected chi connectivity index (χ4v) is 2.17. The Hall–Kier alpha value is -1.39. The van der Waals surface area contributed by atoms with E-state index in [0.29, 0.717) is 26.2 Å². The van der Waals surface area contributed by atoms with Crippen LogP contribution >= 0.6 is 0 Å². The third-order valence-corrected chi connectivity index (χ3v) is 3.23. The molecule has 0 unspecified atom stereocenters. The molecule has 1 amide bonds. The summed E-state index contributed by atoms with van der Waals surface area (Å²) in [5.41, 5.74) is 1.17. The number of morpholine rings is 1. The second-order valence-corrected chi connectivity index (χ2v) is 4.48. The Balaban J connectivity index is 1.87. The zero-order valence-electron chi connectivity index (χ0n) is 10.4. The van der Waals surface area contributed by atoms with E-state index in [9.17, 15) is 9.90 Å². The predicted molar refractivity (Wildman–Crippen MR) is 68.2 cm³/mol. The van der Waals surface area contributed by atoms with Gasteiger partial charge in [-0.1, -0.05) is 30.3 Å². The number of carbonyl (C=O) groups excluding carboxylic acids is 1. The Kier molecular flexibility index (Phi) is 4.73. The molecule has 1 saturated heterocycles. The normalized spacial score (nSPS) is 19.8. The highest BCUT2D eigenvalue weighted by atomic mass is 16.5. The van der Waals surface area contributed by atoms with Crippen LogP contribution in [0.2, 0.25) is 0 Å². The van der Waals surface area contributed by atoms with E-state index in [1.54, 1.807) is 4.90 Å². The van der Waals surface area contributed by atoms with Crippen molar-refractivity contribution in [3.05, 3.63) is 35.9 Å². The van der Waals surface area contributed by atoms with Gasteiger partial charge in [0.2, 0.25) is 5.91 Å². The molecule has 4 heteroatoms. The number of nitrogens with zero attached hydrogens (tertiary/aromatic N) is 1. The highest BCUT2D eigenvalue weighted by molar-refractivity contribution is 5.77. The summed E-state index contributed by atoms with van der Waals surface area (Å²) in [4.78, 5) is 13.8. The average Bonchev–Trinajstić information content (AvgIpc) is 2.45. The summed E-state index contributed by atoms with van der Waals surface area (Å²) in [6.07, 6.45) is 1.23. The SMILES string of the molecule is O=C(CCc1ccccc1)N1CCOC[C@H]1CO. The Labute approximate surface area is 107 Å². The van der Waals surface area contributed by atoms with E-state index in [1.165, 1.54) is 5.56 Å². The van der Waals surface area contributed by atoms with Crippen molar-refractivity contribution >= 4 is 5.91 Å². The first-order chi connectivity index (χ1) is 8.81. The molecular weight excluding hydrogens is 230 g/mol. The van der Waals surface area contributed by atoms with Crippen LogP contribution in [0.3, 0.4) is 0 Å². The second-order valence-electron chi connectivity index (χ2n) is 4.48. The Bertz CT molecular complexity index is 380. The fraction of sp³-hybridized carbons (Fsp3) is 0.500. The lowest BCUT2D eigenvalue weighted by Gasteiger charge is -2.34. The van der Waals surface area contributed by atoms with Crippen molar-refractivity contribution in [2.75, 3.05) is 26.4 Å². The molecule has 1 aliphatic rings. The van der Waals surface area contributed by atoms with Crippen molar-refractivity contribution in [2.24, 2.45) is 0 Å². The number of ether oxygens (including phenoxy) is 1. The molecule has 0 aliphatic carbocycles. The third-order valence-electron chi connectivity index (χ3n) is 3.23. The topological polar surface area (TPSA) is 49.8 Å². The van der Waals surface area contributed by atoms with E-state index in [1.807, 2.05) is 30.3 Å². The molecule has 1 N–H and O–H groups in total. The van der Waals surface area contributed by atoms with E-state index >= 15 is 0 Å². The van der Waals surface area contributed by atoms with Crippen molar-refractivity contribution in [1.29, 1.82) is 0 Å². The minimum Gasteiger partial charge on any atom is -0.394 e. The fourth-order valence-electron chi connectivity index (χ4n) is 2.17. The molecule has 0 saturated carbocycles. The maximum atomic E-state index is 12.1. The quantitative estimate of drug-likeness (QED) is 0.860. The summed E-state index contributed by atoms with van der Waals surface area (Å²) < 4.78 is 5.26. The van der Waals surface area contributed by atoms with Gasteiger partial charge in [0.25, 0.3) is 0 Å². The minimum atomic E-state index is -0.179. The van der Waals surface area contributed by atoms with Crippen LogP contribution in [0, 0.1) is 0 Å². The highest BCUT2D eigenvalue weighted by Gasteiger charge is 2.26. The molecule has 4 nitrogen and oxygen atoms in total. The van der Waals surface area contributed by atoms with Crippen LogP contribution in [0.25, 0.3) is 0 Å². The molecule has 1 heterocycles. The largest absolute Gasteiger partial charge is 0.394 e. The van der Waals surface area contributed by atoms with Gasteiger partial charge >= 0.3 is 0 Å². The number of amides is 1. The third kappa shape index (κ3) is 3.31. The van der Waals surface area contributed by atoms with Crippen LogP contribution in [-0.2, 0) is 16.0 Å². The van der Waals surface area contributed by atoms with Gasteiger partial charge < -0.3 is 14.7 Å². The molecule has 18 heavy (non-hydrogen) atoms. The molecule has 98 valence electrons. The summed E-state index contributed by atoms with van der Waals surface area (Å²) in [6, 6.07) is 9.79. The number of rotatable bonds is 4. The van der Waals surface area contributed by atoms with Gasteiger partial charge in [0.05, 0.1) is 25.9 Å². The zero-order chi connectivity index (χ0) is 12.8. The minimum absolute atomic E-state index is 0.0307. The van der Waals surface area contributed by atoms with Crippen molar-refractivity contribution in [1.82, 2.24) is 4.90 Å². The zero-order valence-corrected chi connectivity index (χ0v) is 10.4. The van der Waals surface area contributed by atoms with E-state index in [2.05, 4.69) is 0 Å². The van der Waals surface area contributed by atoms with Crippen LogP contribution in [0.15, 0.2) is 30.3 Å². The van der Waals surface area contributed by atoms with Crippen molar-refractivity contribution in [3.63, 3.8) is 0 Å². The molecule has 1 fully saturated rings. The number of carbonyl (C=O) groups is 1. The molecule has 0 bridgehead atoms. The first kappa shape index (κ1) is 13.1. The van der Waals surface area contributed by atoms with Gasteiger partial charge in [0.1, 0.15) is 0 Å². The summed E-state index contributed by atoms with van der Waals surface area (Å²) in [5, 5.41) is 9.22. The van der Waals surface area contributed by atoms with Gasteiger partial charge in [0.15, 0.2) is 0 Å². The first-order valence-corrected chi connectivity index (χ1v) is 6.33. The van der Waals surface area contributed by atoms with Crippen molar-refractivity contribution < 1.29 is 14.6 Å². The number of aliphatic hydroxyl groups excluding tert-OH is 1. The highest BCUT2D eigenvalue weighted by Crippen LogP contribution is 2.10. The lowest BCUT2D eigenvalue weighted by atomic mass is 10.1. The van der Waals surface area contributed by atoms with Crippen LogP contribution in [0.1, 0.15) is 12.0 Å². The summed E-state index contributed by atoms with van der Waals surface area (Å²) in [5.74, 6) is 0.0983. The number of aliphatic hydroxyl groups is 1. The van der Waals surface area contributed by atoms with Crippen LogP contribution in [0.5, 0.6) is 0 Å². The molecule has 1 aromatic carbocycles. The van der Waals surface area contributed by atoms with Crippen LogP contribution in [-0.4, -0.2) is 48.3 Å². The summed E-state index contributed by atoms with van der Waals surface area (Å²) in [6.45, 7) is 1.55. The van der Waals surface area contributed by atoms with Crippen LogP contribution in [0.4, 0.5) is 0 Å². The van der Waals surface area contributed by atoms with Gasteiger partial charge in [-0.3, -0.25) is 4.79 Å².